The molecule has 0 bridgehead atoms. The smallest absolute Gasteiger partial charge is 0.338 e. The summed E-state index contributed by atoms with van der Waals surface area (Å²) in [6, 6.07) is 11.9. The average Bonchev–Trinajstić information content (AvgIpc) is 3.37. The highest BCUT2D eigenvalue weighted by atomic mass is 32.2. The predicted octanol–water partition coefficient (Wildman–Crippen LogP) is 3.93. The summed E-state index contributed by atoms with van der Waals surface area (Å²) >= 11 is 1.32. The Morgan fingerprint density at radius 2 is 1.89 bits per heavy atom. The zero-order valence-electron chi connectivity index (χ0n) is 20.5. The molecule has 1 atom stereocenters. The molecule has 3 heterocycles. The van der Waals surface area contributed by atoms with Gasteiger partial charge in [0.25, 0.3) is 0 Å². The Morgan fingerprint density at radius 3 is 2.61 bits per heavy atom. The summed E-state index contributed by atoms with van der Waals surface area (Å²) in [5.41, 5.74) is 2.61. The second-order valence-corrected chi connectivity index (χ2v) is 9.12. The van der Waals surface area contributed by atoms with Gasteiger partial charge in [-0.1, -0.05) is 23.9 Å². The van der Waals surface area contributed by atoms with Crippen LogP contribution in [0.3, 0.4) is 0 Å². The summed E-state index contributed by atoms with van der Waals surface area (Å²) in [5.74, 6) is -0.00488. The standard InChI is InChI=1S/C26H23FN6O4S/c1-3-37-25(34)21-20(31-26(35)32-22(21)15-4-10-18(36-2)11-5-15)13-38-24-19-12-30-33(23(19)28-14-29-24)17-8-6-16(27)7-9-17/h4-12,14,22H,3,13H2,1-2H3,(H2,31,32,35). The van der Waals surface area contributed by atoms with Crippen LogP contribution in [0.2, 0.25) is 0 Å². The number of esters is 1. The highest BCUT2D eigenvalue weighted by Gasteiger charge is 2.34. The largest absolute Gasteiger partial charge is 0.497 e. The summed E-state index contributed by atoms with van der Waals surface area (Å²) in [5, 5.41) is 11.3. The Morgan fingerprint density at radius 1 is 1.13 bits per heavy atom. The van der Waals surface area contributed by atoms with Crippen LogP contribution in [0.4, 0.5) is 9.18 Å². The fourth-order valence-corrected chi connectivity index (χ4v) is 5.01. The first kappa shape index (κ1) is 25.2. The molecule has 1 aliphatic rings. The highest BCUT2D eigenvalue weighted by molar-refractivity contribution is 7.99. The maximum atomic E-state index is 13.4. The van der Waals surface area contributed by atoms with Crippen LogP contribution < -0.4 is 15.4 Å². The number of carbonyl (C=O) groups excluding carboxylic acids is 2. The number of carbonyl (C=O) groups is 2. The van der Waals surface area contributed by atoms with Crippen molar-refractivity contribution in [3.8, 4) is 11.4 Å². The molecule has 38 heavy (non-hydrogen) atoms. The average molecular weight is 535 g/mol. The lowest BCUT2D eigenvalue weighted by Crippen LogP contribution is -2.46. The molecule has 4 aromatic rings. The number of benzene rings is 2. The van der Waals surface area contributed by atoms with E-state index in [1.165, 1.54) is 30.2 Å². The zero-order chi connectivity index (χ0) is 26.6. The number of thioether (sulfide) groups is 1. The van der Waals surface area contributed by atoms with Crippen molar-refractivity contribution in [1.82, 2.24) is 30.4 Å². The molecular weight excluding hydrogens is 511 g/mol. The number of amides is 2. The van der Waals surface area contributed by atoms with Crippen LogP contribution in [-0.2, 0) is 9.53 Å². The number of hydrogen-bond acceptors (Lipinski definition) is 8. The van der Waals surface area contributed by atoms with E-state index < -0.39 is 18.0 Å². The molecule has 2 N–H and O–H groups in total. The van der Waals surface area contributed by atoms with E-state index in [-0.39, 0.29) is 18.2 Å². The molecule has 0 saturated heterocycles. The quantitative estimate of drug-likeness (QED) is 0.198. The number of nitrogens with one attached hydrogen (secondary N) is 2. The van der Waals surface area contributed by atoms with Gasteiger partial charge in [-0.05, 0) is 48.9 Å². The molecule has 2 amide bonds. The van der Waals surface area contributed by atoms with Crippen molar-refractivity contribution in [3.05, 3.63) is 83.7 Å². The van der Waals surface area contributed by atoms with Crippen LogP contribution in [-0.4, -0.2) is 51.2 Å². The third kappa shape index (κ3) is 5.02. The molecular formula is C26H23FN6O4S. The molecule has 5 rings (SSSR count). The fourth-order valence-electron chi connectivity index (χ4n) is 4.08. The number of hydrogen-bond donors (Lipinski definition) is 2. The number of methoxy groups -OCH3 is 1. The van der Waals surface area contributed by atoms with Crippen LogP contribution in [0.1, 0.15) is 18.5 Å². The van der Waals surface area contributed by atoms with E-state index in [0.29, 0.717) is 44.3 Å². The minimum absolute atomic E-state index is 0.182. The predicted molar refractivity (Wildman–Crippen MR) is 138 cm³/mol. The maximum Gasteiger partial charge on any atom is 0.338 e. The lowest BCUT2D eigenvalue weighted by molar-refractivity contribution is -0.139. The Kier molecular flexibility index (Phi) is 7.22. The van der Waals surface area contributed by atoms with Gasteiger partial charge in [-0.2, -0.15) is 5.10 Å². The normalized spacial score (nSPS) is 15.2. The molecule has 1 aliphatic heterocycles. The monoisotopic (exact) mass is 534 g/mol. The summed E-state index contributed by atoms with van der Waals surface area (Å²) in [4.78, 5) is 34.4. The second kappa shape index (κ2) is 10.9. The van der Waals surface area contributed by atoms with Gasteiger partial charge >= 0.3 is 12.0 Å². The van der Waals surface area contributed by atoms with Crippen molar-refractivity contribution < 1.29 is 23.5 Å². The Bertz CT molecular complexity index is 1520. The molecule has 2 aromatic heterocycles. The van der Waals surface area contributed by atoms with Gasteiger partial charge in [-0.15, -0.1) is 0 Å². The van der Waals surface area contributed by atoms with Gasteiger partial charge in [-0.25, -0.2) is 28.6 Å². The van der Waals surface area contributed by atoms with E-state index in [0.717, 1.165) is 0 Å². The summed E-state index contributed by atoms with van der Waals surface area (Å²) in [6.45, 7) is 1.90. The number of rotatable bonds is 8. The third-order valence-corrected chi connectivity index (χ3v) is 6.88. The Hall–Kier alpha value is -4.45. The Labute approximate surface area is 221 Å². The molecule has 0 saturated carbocycles. The minimum Gasteiger partial charge on any atom is -0.497 e. The minimum atomic E-state index is -0.712. The molecule has 0 fully saturated rings. The lowest BCUT2D eigenvalue weighted by Gasteiger charge is -2.29. The van der Waals surface area contributed by atoms with E-state index in [9.17, 15) is 14.0 Å². The second-order valence-electron chi connectivity index (χ2n) is 8.15. The van der Waals surface area contributed by atoms with Crippen LogP contribution in [0.25, 0.3) is 16.7 Å². The van der Waals surface area contributed by atoms with Gasteiger partial charge in [-0.3, -0.25) is 0 Å². The SMILES string of the molecule is CCOC(=O)C1=C(CSc2ncnc3c2cnn3-c2ccc(F)cc2)NC(=O)NC1c1ccc(OC)cc1. The number of nitrogens with zero attached hydrogens (tertiary/aromatic N) is 4. The van der Waals surface area contributed by atoms with Crippen LogP contribution in [0.5, 0.6) is 5.75 Å². The molecule has 194 valence electrons. The highest BCUT2D eigenvalue weighted by Crippen LogP contribution is 2.33. The van der Waals surface area contributed by atoms with Gasteiger partial charge in [0.2, 0.25) is 0 Å². The number of halogens is 1. The van der Waals surface area contributed by atoms with E-state index >= 15 is 0 Å². The van der Waals surface area contributed by atoms with Gasteiger partial charge in [0, 0.05) is 11.4 Å². The van der Waals surface area contributed by atoms with Gasteiger partial charge < -0.3 is 20.1 Å². The van der Waals surface area contributed by atoms with E-state index in [4.69, 9.17) is 9.47 Å². The number of urea groups is 1. The molecule has 1 unspecified atom stereocenters. The summed E-state index contributed by atoms with van der Waals surface area (Å²) in [6.07, 6.45) is 3.04. The first-order chi connectivity index (χ1) is 18.5. The van der Waals surface area contributed by atoms with Crippen LogP contribution in [0, 0.1) is 5.82 Å². The van der Waals surface area contributed by atoms with E-state index in [2.05, 4.69) is 25.7 Å². The molecule has 12 heteroatoms. The summed E-state index contributed by atoms with van der Waals surface area (Å²) < 4.78 is 25.5. The van der Waals surface area contributed by atoms with Crippen molar-refractivity contribution in [2.24, 2.45) is 0 Å². The van der Waals surface area contributed by atoms with Crippen molar-refractivity contribution >= 4 is 34.8 Å². The molecule has 2 aromatic carbocycles. The molecule has 0 radical (unpaired) electrons. The third-order valence-electron chi connectivity index (χ3n) is 5.85. The van der Waals surface area contributed by atoms with Crippen molar-refractivity contribution in [3.63, 3.8) is 0 Å². The van der Waals surface area contributed by atoms with Crippen molar-refractivity contribution in [2.45, 2.75) is 18.0 Å². The number of aromatic nitrogens is 4. The topological polar surface area (TPSA) is 120 Å². The maximum absolute atomic E-state index is 13.4. The first-order valence-electron chi connectivity index (χ1n) is 11.7. The fraction of sp³-hybridized carbons (Fsp3) is 0.192. The van der Waals surface area contributed by atoms with Gasteiger partial charge in [0.15, 0.2) is 5.65 Å². The molecule has 0 aliphatic carbocycles. The Balaban J connectivity index is 1.48. The lowest BCUT2D eigenvalue weighted by atomic mass is 9.95. The zero-order valence-corrected chi connectivity index (χ0v) is 21.3. The number of fused-ring (bicyclic) bond motifs is 1. The first-order valence-corrected chi connectivity index (χ1v) is 12.7. The van der Waals surface area contributed by atoms with E-state index in [1.54, 1.807) is 61.3 Å². The molecule has 0 spiro atoms. The van der Waals surface area contributed by atoms with Crippen LogP contribution in [0.15, 0.2) is 77.4 Å². The van der Waals surface area contributed by atoms with Gasteiger partial charge in [0.05, 0.1) is 42.6 Å². The van der Waals surface area contributed by atoms with Crippen molar-refractivity contribution in [1.29, 1.82) is 0 Å². The van der Waals surface area contributed by atoms with Crippen LogP contribution >= 0.6 is 11.8 Å². The molecule has 10 nitrogen and oxygen atoms in total. The number of ether oxygens (including phenoxy) is 2. The van der Waals surface area contributed by atoms with Gasteiger partial charge in [0.1, 0.15) is 22.9 Å². The van der Waals surface area contributed by atoms with E-state index in [1.807, 2.05) is 0 Å². The summed E-state index contributed by atoms with van der Waals surface area (Å²) in [7, 11) is 1.56. The van der Waals surface area contributed by atoms with Crippen molar-refractivity contribution in [2.75, 3.05) is 19.5 Å².